The van der Waals surface area contributed by atoms with Gasteiger partial charge in [0.1, 0.15) is 0 Å². The lowest BCUT2D eigenvalue weighted by Gasteiger charge is -2.21. The minimum Gasteiger partial charge on any atom is -0.493 e. The van der Waals surface area contributed by atoms with Crippen molar-refractivity contribution in [3.8, 4) is 18.1 Å². The lowest BCUT2D eigenvalue weighted by Crippen LogP contribution is -2.16. The molecule has 1 rings (SSSR count). The van der Waals surface area contributed by atoms with Crippen molar-refractivity contribution in [3.63, 3.8) is 0 Å². The average molecular weight is 271 g/mol. The molecule has 0 atom stereocenters. The smallest absolute Gasteiger partial charge is 0.166 e. The van der Waals surface area contributed by atoms with Crippen LogP contribution in [-0.4, -0.2) is 7.11 Å². The van der Waals surface area contributed by atoms with Gasteiger partial charge in [0.15, 0.2) is 11.6 Å². The maximum Gasteiger partial charge on any atom is 0.166 e. The first-order valence-corrected chi connectivity index (χ1v) is 5.23. The van der Waals surface area contributed by atoms with Crippen molar-refractivity contribution < 1.29 is 9.13 Å². The van der Waals surface area contributed by atoms with E-state index in [1.807, 2.05) is 13.8 Å². The van der Waals surface area contributed by atoms with Gasteiger partial charge in [0.2, 0.25) is 0 Å². The fourth-order valence-corrected chi connectivity index (χ4v) is 1.74. The van der Waals surface area contributed by atoms with Gasteiger partial charge in [-0.1, -0.05) is 21.9 Å². The molecule has 0 heterocycles. The molecule has 0 aliphatic rings. The van der Waals surface area contributed by atoms with Gasteiger partial charge in [-0.2, -0.15) is 0 Å². The molecule has 0 saturated carbocycles. The Bertz CT molecular complexity index is 418. The topological polar surface area (TPSA) is 9.23 Å². The number of halogens is 2. The Morgan fingerprint density at radius 3 is 2.53 bits per heavy atom. The number of methoxy groups -OCH3 is 1. The van der Waals surface area contributed by atoms with Gasteiger partial charge in [-0.15, -0.1) is 6.42 Å². The van der Waals surface area contributed by atoms with Crippen LogP contribution in [0.3, 0.4) is 0 Å². The normalized spacial score (nSPS) is 10.9. The van der Waals surface area contributed by atoms with Gasteiger partial charge < -0.3 is 4.74 Å². The molecule has 0 N–H and O–H groups in total. The minimum absolute atomic E-state index is 0.209. The third kappa shape index (κ3) is 2.32. The van der Waals surface area contributed by atoms with E-state index in [2.05, 4.69) is 21.9 Å². The minimum atomic E-state index is -0.560. The quantitative estimate of drug-likeness (QED) is 0.748. The van der Waals surface area contributed by atoms with Gasteiger partial charge in [0.25, 0.3) is 0 Å². The van der Waals surface area contributed by atoms with Crippen LogP contribution >= 0.6 is 15.9 Å². The van der Waals surface area contributed by atoms with Crippen LogP contribution in [0.1, 0.15) is 19.4 Å². The molecule has 0 unspecified atom stereocenters. The van der Waals surface area contributed by atoms with E-state index in [0.717, 1.165) is 0 Å². The standard InChI is InChI=1S/C12H12BrFO/c1-5-12(2,3)9-6-8(13)7-10(14)11(9)15-4/h1,6-7H,2-4H3. The maximum atomic E-state index is 13.6. The highest BCUT2D eigenvalue weighted by molar-refractivity contribution is 9.10. The van der Waals surface area contributed by atoms with E-state index >= 15 is 0 Å². The SMILES string of the molecule is C#CC(C)(C)c1cc(Br)cc(F)c1OC. The fourth-order valence-electron chi connectivity index (χ4n) is 1.31. The Kier molecular flexibility index (Phi) is 3.41. The third-order valence-corrected chi connectivity index (χ3v) is 2.70. The molecule has 0 spiro atoms. The molecule has 0 aliphatic carbocycles. The summed E-state index contributed by atoms with van der Waals surface area (Å²) in [5, 5.41) is 0. The average Bonchev–Trinajstić information content (AvgIpc) is 2.16. The highest BCUT2D eigenvalue weighted by atomic mass is 79.9. The van der Waals surface area contributed by atoms with Crippen molar-refractivity contribution >= 4 is 15.9 Å². The molecule has 0 fully saturated rings. The van der Waals surface area contributed by atoms with E-state index in [9.17, 15) is 4.39 Å². The van der Waals surface area contributed by atoms with Crippen molar-refractivity contribution in [1.29, 1.82) is 0 Å². The highest BCUT2D eigenvalue weighted by Crippen LogP contribution is 2.35. The fraction of sp³-hybridized carbons (Fsp3) is 0.333. The lowest BCUT2D eigenvalue weighted by atomic mass is 9.85. The molecule has 1 aromatic carbocycles. The van der Waals surface area contributed by atoms with Gasteiger partial charge in [-0.25, -0.2) is 4.39 Å². The number of terminal acetylenes is 1. The molecule has 1 aromatic rings. The van der Waals surface area contributed by atoms with Crippen LogP contribution in [0, 0.1) is 18.2 Å². The van der Waals surface area contributed by atoms with Crippen LogP contribution in [0.15, 0.2) is 16.6 Å². The summed E-state index contributed by atoms with van der Waals surface area (Å²) in [6, 6.07) is 3.14. The second-order valence-electron chi connectivity index (χ2n) is 3.74. The van der Waals surface area contributed by atoms with Crippen LogP contribution in [0.5, 0.6) is 5.75 Å². The number of ether oxygens (including phenoxy) is 1. The Morgan fingerprint density at radius 2 is 2.07 bits per heavy atom. The van der Waals surface area contributed by atoms with E-state index in [1.54, 1.807) is 6.07 Å². The molecule has 0 bridgehead atoms. The molecule has 3 heteroatoms. The predicted molar refractivity (Wildman–Crippen MR) is 62.5 cm³/mol. The zero-order chi connectivity index (χ0) is 11.6. The number of hydrogen-bond acceptors (Lipinski definition) is 1. The van der Waals surface area contributed by atoms with Crippen LogP contribution in [0.25, 0.3) is 0 Å². The van der Waals surface area contributed by atoms with Gasteiger partial charge in [0.05, 0.1) is 12.5 Å². The Hall–Kier alpha value is -1.01. The monoisotopic (exact) mass is 270 g/mol. The molecule has 0 radical (unpaired) electrons. The van der Waals surface area contributed by atoms with Crippen molar-refractivity contribution in [2.75, 3.05) is 7.11 Å². The van der Waals surface area contributed by atoms with Gasteiger partial charge in [-0.05, 0) is 26.0 Å². The van der Waals surface area contributed by atoms with Crippen LogP contribution < -0.4 is 4.74 Å². The van der Waals surface area contributed by atoms with E-state index in [0.29, 0.717) is 10.0 Å². The predicted octanol–water partition coefficient (Wildman–Crippen LogP) is 3.51. The summed E-state index contributed by atoms with van der Waals surface area (Å²) in [6.45, 7) is 3.69. The molecule has 0 aromatic heterocycles. The summed E-state index contributed by atoms with van der Waals surface area (Å²) in [7, 11) is 1.43. The van der Waals surface area contributed by atoms with Crippen molar-refractivity contribution in [1.82, 2.24) is 0 Å². The first-order valence-electron chi connectivity index (χ1n) is 4.43. The van der Waals surface area contributed by atoms with Crippen molar-refractivity contribution in [3.05, 3.63) is 28.0 Å². The molecule has 80 valence electrons. The molecule has 15 heavy (non-hydrogen) atoms. The lowest BCUT2D eigenvalue weighted by molar-refractivity contribution is 0.375. The Labute approximate surface area is 97.8 Å². The van der Waals surface area contributed by atoms with Crippen molar-refractivity contribution in [2.45, 2.75) is 19.3 Å². The summed E-state index contributed by atoms with van der Waals surface area (Å²) in [5.41, 5.74) is 0.107. The van der Waals surface area contributed by atoms with Gasteiger partial charge in [-0.3, -0.25) is 0 Å². The summed E-state index contributed by atoms with van der Waals surface area (Å²) in [5.74, 6) is 2.42. The zero-order valence-electron chi connectivity index (χ0n) is 8.90. The first kappa shape index (κ1) is 12.1. The second-order valence-corrected chi connectivity index (χ2v) is 4.65. The molecule has 0 aliphatic heterocycles. The Morgan fingerprint density at radius 1 is 1.47 bits per heavy atom. The molecule has 0 saturated heterocycles. The molecular formula is C12H12BrFO. The van der Waals surface area contributed by atoms with Gasteiger partial charge in [0, 0.05) is 10.0 Å². The summed E-state index contributed by atoms with van der Waals surface area (Å²) in [4.78, 5) is 0. The largest absolute Gasteiger partial charge is 0.493 e. The zero-order valence-corrected chi connectivity index (χ0v) is 10.5. The molecule has 1 nitrogen and oxygen atoms in total. The number of rotatable bonds is 2. The van der Waals surface area contributed by atoms with Crippen molar-refractivity contribution in [2.24, 2.45) is 0 Å². The first-order chi connectivity index (χ1) is 6.92. The van der Waals surface area contributed by atoms with E-state index < -0.39 is 11.2 Å². The van der Waals surface area contributed by atoms with E-state index in [1.165, 1.54) is 13.2 Å². The third-order valence-electron chi connectivity index (χ3n) is 2.25. The summed E-state index contributed by atoms with van der Waals surface area (Å²) in [6.07, 6.45) is 5.42. The van der Waals surface area contributed by atoms with Crippen LogP contribution in [-0.2, 0) is 5.41 Å². The summed E-state index contributed by atoms with van der Waals surface area (Å²) >= 11 is 3.23. The number of hydrogen-bond donors (Lipinski definition) is 0. The molecule has 0 amide bonds. The van der Waals surface area contributed by atoms with Gasteiger partial charge >= 0.3 is 0 Å². The highest BCUT2D eigenvalue weighted by Gasteiger charge is 2.24. The second kappa shape index (κ2) is 4.24. The molecular weight excluding hydrogens is 259 g/mol. The number of benzene rings is 1. The summed E-state index contributed by atoms with van der Waals surface area (Å²) < 4.78 is 19.2. The Balaban J connectivity index is 3.47. The van der Waals surface area contributed by atoms with E-state index in [4.69, 9.17) is 11.2 Å². The maximum absolute atomic E-state index is 13.6. The van der Waals surface area contributed by atoms with E-state index in [-0.39, 0.29) is 5.75 Å². The van der Waals surface area contributed by atoms with Crippen LogP contribution in [0.2, 0.25) is 0 Å². The van der Waals surface area contributed by atoms with Crippen LogP contribution in [0.4, 0.5) is 4.39 Å².